The highest BCUT2D eigenvalue weighted by atomic mass is 79.9. The highest BCUT2D eigenvalue weighted by molar-refractivity contribution is 9.12. The fourth-order valence-electron chi connectivity index (χ4n) is 4.54. The first-order valence-electron chi connectivity index (χ1n) is 7.80. The normalized spacial score (nSPS) is 37.0. The van der Waals surface area contributed by atoms with Crippen LogP contribution >= 0.6 is 31.9 Å². The molecule has 1 aromatic carbocycles. The van der Waals surface area contributed by atoms with Crippen molar-refractivity contribution in [3.63, 3.8) is 0 Å². The molecule has 0 spiro atoms. The molecule has 3 fully saturated rings. The Balaban J connectivity index is 1.76. The molecule has 2 amide bonds. The molecule has 3 aliphatic rings. The summed E-state index contributed by atoms with van der Waals surface area (Å²) in [6.45, 7) is 0. The Morgan fingerprint density at radius 2 is 1.62 bits per heavy atom. The molecule has 126 valence electrons. The van der Waals surface area contributed by atoms with Crippen LogP contribution < -0.4 is 4.90 Å². The van der Waals surface area contributed by atoms with Crippen molar-refractivity contribution in [2.75, 3.05) is 12.0 Å². The van der Waals surface area contributed by atoms with Crippen LogP contribution in [-0.4, -0.2) is 34.5 Å². The minimum Gasteiger partial charge on any atom is -0.465 e. The standard InChI is InChI=1S/C17H15Br2NO4/c1-24-17(23)7-4-2-3-5-10(7)20-15(21)11-8-6-9(12(11)16(20)22)14(19)13(8)18/h2-5,8-9,11-14H,6H2,1H3/t8-,9-,11-,12+,13-,14+/m1/s1. The second-order valence-electron chi connectivity index (χ2n) is 6.52. The van der Waals surface area contributed by atoms with E-state index in [-0.39, 0.29) is 50.7 Å². The van der Waals surface area contributed by atoms with Crippen LogP contribution in [0.2, 0.25) is 0 Å². The van der Waals surface area contributed by atoms with E-state index in [1.165, 1.54) is 12.0 Å². The number of carbonyl (C=O) groups excluding carboxylic acids is 3. The summed E-state index contributed by atoms with van der Waals surface area (Å²) >= 11 is 7.33. The van der Waals surface area contributed by atoms with E-state index in [1.54, 1.807) is 24.3 Å². The van der Waals surface area contributed by atoms with Gasteiger partial charge in [0.25, 0.3) is 0 Å². The van der Waals surface area contributed by atoms with Crippen molar-refractivity contribution >= 4 is 55.3 Å². The number of carbonyl (C=O) groups is 3. The van der Waals surface area contributed by atoms with Crippen LogP contribution in [0, 0.1) is 23.7 Å². The SMILES string of the molecule is COC(=O)c1ccccc1N1C(=O)[C@@H]2[C@H]3C[C@@H]([C@H](Br)[C@@H]3Br)[C@@H]2C1=O. The number of fused-ring (bicyclic) bond motifs is 5. The zero-order valence-electron chi connectivity index (χ0n) is 12.8. The molecule has 24 heavy (non-hydrogen) atoms. The molecule has 1 aromatic rings. The van der Waals surface area contributed by atoms with Gasteiger partial charge in [-0.2, -0.15) is 0 Å². The average molecular weight is 457 g/mol. The molecule has 6 atom stereocenters. The largest absolute Gasteiger partial charge is 0.465 e. The van der Waals surface area contributed by atoms with Crippen LogP contribution in [0.5, 0.6) is 0 Å². The molecule has 0 unspecified atom stereocenters. The zero-order chi connectivity index (χ0) is 17.2. The molecule has 1 saturated heterocycles. The number of halogens is 2. The van der Waals surface area contributed by atoms with E-state index >= 15 is 0 Å². The topological polar surface area (TPSA) is 63.7 Å². The minimum atomic E-state index is -0.553. The molecule has 1 aliphatic heterocycles. The summed E-state index contributed by atoms with van der Waals surface area (Å²) in [5.41, 5.74) is 0.560. The van der Waals surface area contributed by atoms with Crippen molar-refractivity contribution < 1.29 is 19.1 Å². The number of hydrogen-bond acceptors (Lipinski definition) is 4. The molecule has 0 N–H and O–H groups in total. The third-order valence-electron chi connectivity index (χ3n) is 5.54. The van der Waals surface area contributed by atoms with Gasteiger partial charge >= 0.3 is 5.97 Å². The summed E-state index contributed by atoms with van der Waals surface area (Å²) in [5.74, 6) is -1.25. The number of methoxy groups -OCH3 is 1. The number of anilines is 1. The third kappa shape index (κ3) is 2.00. The smallest absolute Gasteiger partial charge is 0.339 e. The van der Waals surface area contributed by atoms with E-state index in [2.05, 4.69) is 31.9 Å². The quantitative estimate of drug-likeness (QED) is 0.390. The van der Waals surface area contributed by atoms with Crippen LogP contribution in [0.1, 0.15) is 16.8 Å². The van der Waals surface area contributed by atoms with Gasteiger partial charge in [-0.25, -0.2) is 9.69 Å². The Hall–Kier alpha value is -1.21. The summed E-state index contributed by atoms with van der Waals surface area (Å²) < 4.78 is 4.79. The van der Waals surface area contributed by atoms with Crippen LogP contribution in [-0.2, 0) is 14.3 Å². The molecule has 2 saturated carbocycles. The number of hydrogen-bond donors (Lipinski definition) is 0. The lowest BCUT2D eigenvalue weighted by Gasteiger charge is -2.28. The van der Waals surface area contributed by atoms with Crippen molar-refractivity contribution in [1.82, 2.24) is 0 Å². The lowest BCUT2D eigenvalue weighted by atomic mass is 9.81. The first-order valence-corrected chi connectivity index (χ1v) is 9.63. The van der Waals surface area contributed by atoms with Gasteiger partial charge in [0.15, 0.2) is 0 Å². The summed E-state index contributed by atoms with van der Waals surface area (Å²) in [7, 11) is 1.28. The van der Waals surface area contributed by atoms with Gasteiger partial charge in [-0.1, -0.05) is 44.0 Å². The third-order valence-corrected chi connectivity index (χ3v) is 8.74. The number of rotatable bonds is 2. The van der Waals surface area contributed by atoms with Crippen LogP contribution in [0.15, 0.2) is 24.3 Å². The Kier molecular flexibility index (Phi) is 3.84. The van der Waals surface area contributed by atoms with Gasteiger partial charge in [0.2, 0.25) is 11.8 Å². The number of alkyl halides is 2. The molecular weight excluding hydrogens is 442 g/mol. The fraction of sp³-hybridized carbons (Fsp3) is 0.471. The maximum Gasteiger partial charge on any atom is 0.339 e. The van der Waals surface area contributed by atoms with Gasteiger partial charge in [-0.15, -0.1) is 0 Å². The molecule has 7 heteroatoms. The van der Waals surface area contributed by atoms with Gasteiger partial charge in [0, 0.05) is 9.65 Å². The lowest BCUT2D eigenvalue weighted by molar-refractivity contribution is -0.123. The Morgan fingerprint density at radius 3 is 2.17 bits per heavy atom. The number of amides is 2. The first-order chi connectivity index (χ1) is 11.5. The summed E-state index contributed by atoms with van der Waals surface area (Å²) in [6, 6.07) is 6.60. The fourth-order valence-corrected chi connectivity index (χ4v) is 6.41. The van der Waals surface area contributed by atoms with E-state index in [1.807, 2.05) is 0 Å². The number of nitrogens with zero attached hydrogens (tertiary/aromatic N) is 1. The summed E-state index contributed by atoms with van der Waals surface area (Å²) in [5, 5.41) is 0. The van der Waals surface area contributed by atoms with Crippen molar-refractivity contribution in [3.05, 3.63) is 29.8 Å². The van der Waals surface area contributed by atoms with Gasteiger partial charge in [0.1, 0.15) is 0 Å². The minimum absolute atomic E-state index is 0.149. The van der Waals surface area contributed by atoms with E-state index < -0.39 is 5.97 Å². The number of ether oxygens (including phenoxy) is 1. The van der Waals surface area contributed by atoms with Crippen molar-refractivity contribution in [1.29, 1.82) is 0 Å². The summed E-state index contributed by atoms with van der Waals surface area (Å²) in [6.07, 6.45) is 0.880. The van der Waals surface area contributed by atoms with E-state index in [9.17, 15) is 14.4 Å². The van der Waals surface area contributed by atoms with Crippen molar-refractivity contribution in [2.24, 2.45) is 23.7 Å². The lowest BCUT2D eigenvalue weighted by Crippen LogP contribution is -2.37. The van der Waals surface area contributed by atoms with Gasteiger partial charge in [-0.05, 0) is 30.4 Å². The highest BCUT2D eigenvalue weighted by Crippen LogP contribution is 2.60. The molecule has 2 bridgehead atoms. The van der Waals surface area contributed by atoms with E-state index in [0.717, 1.165) is 6.42 Å². The Bertz CT molecular complexity index is 720. The van der Waals surface area contributed by atoms with Crippen LogP contribution in [0.4, 0.5) is 5.69 Å². The van der Waals surface area contributed by atoms with Gasteiger partial charge < -0.3 is 4.74 Å². The number of esters is 1. The zero-order valence-corrected chi connectivity index (χ0v) is 16.0. The summed E-state index contributed by atoms with van der Waals surface area (Å²) in [4.78, 5) is 39.6. The van der Waals surface area contributed by atoms with Gasteiger partial charge in [-0.3, -0.25) is 9.59 Å². The van der Waals surface area contributed by atoms with Crippen molar-refractivity contribution in [3.8, 4) is 0 Å². The average Bonchev–Trinajstić information content (AvgIpc) is 3.19. The molecule has 1 heterocycles. The van der Waals surface area contributed by atoms with E-state index in [4.69, 9.17) is 4.74 Å². The Labute approximate surface area is 156 Å². The second kappa shape index (κ2) is 5.66. The Morgan fingerprint density at radius 1 is 1.08 bits per heavy atom. The molecule has 0 radical (unpaired) electrons. The maximum absolute atomic E-state index is 13.0. The van der Waals surface area contributed by atoms with Crippen LogP contribution in [0.3, 0.4) is 0 Å². The number of benzene rings is 1. The predicted molar refractivity (Wildman–Crippen MR) is 94.3 cm³/mol. The van der Waals surface area contributed by atoms with E-state index in [0.29, 0.717) is 5.69 Å². The predicted octanol–water partition coefficient (Wildman–Crippen LogP) is 2.76. The highest BCUT2D eigenvalue weighted by Gasteiger charge is 2.66. The molecule has 5 nitrogen and oxygen atoms in total. The molecule has 0 aromatic heterocycles. The first kappa shape index (κ1) is 16.3. The van der Waals surface area contributed by atoms with Gasteiger partial charge in [0.05, 0.1) is 30.2 Å². The number of para-hydroxylation sites is 1. The number of imide groups is 1. The molecule has 2 aliphatic carbocycles. The second-order valence-corrected chi connectivity index (χ2v) is 8.64. The maximum atomic E-state index is 13.0. The van der Waals surface area contributed by atoms with Crippen LogP contribution in [0.25, 0.3) is 0 Å². The monoisotopic (exact) mass is 455 g/mol. The molecule has 4 rings (SSSR count). The molecular formula is C17H15Br2NO4. The van der Waals surface area contributed by atoms with Crippen molar-refractivity contribution in [2.45, 2.75) is 16.1 Å².